The number of benzene rings is 1. The van der Waals surface area contributed by atoms with Crippen molar-refractivity contribution in [1.82, 2.24) is 0 Å². The lowest BCUT2D eigenvalue weighted by Crippen LogP contribution is -2.40. The van der Waals surface area contributed by atoms with Crippen LogP contribution < -0.4 is 10.4 Å². The van der Waals surface area contributed by atoms with E-state index in [0.717, 1.165) is 17.4 Å². The van der Waals surface area contributed by atoms with E-state index < -0.39 is 11.6 Å². The van der Waals surface area contributed by atoms with Crippen molar-refractivity contribution < 1.29 is 19.1 Å². The van der Waals surface area contributed by atoms with Crippen LogP contribution in [0.25, 0.3) is 11.0 Å². The van der Waals surface area contributed by atoms with Gasteiger partial charge in [0.2, 0.25) is 0 Å². The molecular formula is C23H26O5. The number of carbonyl (C=O) groups is 1. The quantitative estimate of drug-likeness (QED) is 0.549. The van der Waals surface area contributed by atoms with Gasteiger partial charge in [0.15, 0.2) is 0 Å². The van der Waals surface area contributed by atoms with Crippen molar-refractivity contribution in [2.24, 2.45) is 17.3 Å². The molecule has 1 N–H and O–H groups in total. The first-order valence-electron chi connectivity index (χ1n) is 9.50. The van der Waals surface area contributed by atoms with Gasteiger partial charge >= 0.3 is 11.6 Å². The Hall–Kier alpha value is -2.82. The highest BCUT2D eigenvalue weighted by Gasteiger charge is 2.42. The minimum atomic E-state index is -0.791. The summed E-state index contributed by atoms with van der Waals surface area (Å²) in [6, 6.07) is 8.52. The van der Waals surface area contributed by atoms with Crippen LogP contribution in [0.15, 0.2) is 63.8 Å². The summed E-state index contributed by atoms with van der Waals surface area (Å²) in [5, 5.41) is 10.0. The van der Waals surface area contributed by atoms with Crippen LogP contribution in [-0.2, 0) is 4.79 Å². The molecule has 1 aliphatic carbocycles. The largest absolute Gasteiger partial charge is 0.493 e. The third-order valence-electron chi connectivity index (χ3n) is 5.88. The molecule has 0 aliphatic heterocycles. The van der Waals surface area contributed by atoms with Gasteiger partial charge in [-0.05, 0) is 49.3 Å². The van der Waals surface area contributed by atoms with Gasteiger partial charge in [0.05, 0.1) is 6.61 Å². The van der Waals surface area contributed by atoms with Gasteiger partial charge in [-0.15, -0.1) is 0 Å². The Kier molecular flexibility index (Phi) is 5.73. The van der Waals surface area contributed by atoms with Gasteiger partial charge in [-0.2, -0.15) is 0 Å². The predicted octanol–water partition coefficient (Wildman–Crippen LogP) is 4.81. The molecule has 0 amide bonds. The smallest absolute Gasteiger partial charge is 0.336 e. The second kappa shape index (κ2) is 8.05. The zero-order valence-electron chi connectivity index (χ0n) is 16.3. The highest BCUT2D eigenvalue weighted by Crippen LogP contribution is 2.48. The predicted molar refractivity (Wildman–Crippen MR) is 109 cm³/mol. The van der Waals surface area contributed by atoms with E-state index >= 15 is 0 Å². The zero-order chi connectivity index (χ0) is 20.3. The van der Waals surface area contributed by atoms with Crippen LogP contribution in [0.1, 0.15) is 33.1 Å². The van der Waals surface area contributed by atoms with Crippen molar-refractivity contribution in [3.8, 4) is 5.75 Å². The molecule has 148 valence electrons. The molecular weight excluding hydrogens is 356 g/mol. The fraction of sp³-hybridized carbons (Fsp3) is 0.391. The molecule has 1 heterocycles. The lowest BCUT2D eigenvalue weighted by molar-refractivity contribution is -0.138. The highest BCUT2D eigenvalue weighted by atomic mass is 16.5. The van der Waals surface area contributed by atoms with Crippen molar-refractivity contribution in [3.63, 3.8) is 0 Å². The fourth-order valence-electron chi connectivity index (χ4n) is 4.19. The van der Waals surface area contributed by atoms with E-state index in [1.54, 1.807) is 12.1 Å². The number of hydrogen-bond donors (Lipinski definition) is 1. The summed E-state index contributed by atoms with van der Waals surface area (Å²) >= 11 is 0. The first kappa shape index (κ1) is 19.9. The van der Waals surface area contributed by atoms with Crippen molar-refractivity contribution in [2.75, 3.05) is 6.61 Å². The number of carboxylic acid groups (broad SMARTS) is 1. The molecule has 1 aliphatic rings. The van der Waals surface area contributed by atoms with Crippen LogP contribution in [-0.4, -0.2) is 17.7 Å². The standard InChI is InChI=1S/C23H26O5/c1-15(2)19-6-4-5-17(23(19,3)12-11-21(24)25)14-27-18-9-7-16-8-10-22(26)28-20(16)13-18/h4-5,7-10,13,17,19H,1,6,11-12,14H2,2-3H3,(H,24,25)/t17-,19+,23-/m1/s1. The Morgan fingerprint density at radius 3 is 2.82 bits per heavy atom. The maximum atomic E-state index is 11.4. The monoisotopic (exact) mass is 382 g/mol. The minimum absolute atomic E-state index is 0.0563. The summed E-state index contributed by atoms with van der Waals surface area (Å²) < 4.78 is 11.3. The topological polar surface area (TPSA) is 76.7 Å². The molecule has 0 saturated carbocycles. The maximum absolute atomic E-state index is 11.4. The maximum Gasteiger partial charge on any atom is 0.336 e. The molecule has 0 saturated heterocycles. The van der Waals surface area contributed by atoms with E-state index in [-0.39, 0.29) is 23.7 Å². The number of ether oxygens (including phenoxy) is 1. The average Bonchev–Trinajstić information content (AvgIpc) is 2.65. The molecule has 3 rings (SSSR count). The lowest BCUT2D eigenvalue weighted by atomic mass is 9.60. The molecule has 0 bridgehead atoms. The van der Waals surface area contributed by atoms with E-state index in [0.29, 0.717) is 24.4 Å². The highest BCUT2D eigenvalue weighted by molar-refractivity contribution is 5.77. The molecule has 1 aromatic heterocycles. The van der Waals surface area contributed by atoms with E-state index in [2.05, 4.69) is 25.7 Å². The average molecular weight is 382 g/mol. The van der Waals surface area contributed by atoms with Crippen molar-refractivity contribution >= 4 is 16.9 Å². The van der Waals surface area contributed by atoms with E-state index in [4.69, 9.17) is 9.15 Å². The van der Waals surface area contributed by atoms with E-state index in [1.807, 2.05) is 19.1 Å². The number of fused-ring (bicyclic) bond motifs is 1. The number of carboxylic acids is 1. The summed E-state index contributed by atoms with van der Waals surface area (Å²) in [7, 11) is 0. The van der Waals surface area contributed by atoms with Gasteiger partial charge < -0.3 is 14.3 Å². The lowest BCUT2D eigenvalue weighted by Gasteiger charge is -2.45. The summed E-state index contributed by atoms with van der Waals surface area (Å²) in [6.45, 7) is 8.69. The van der Waals surface area contributed by atoms with Crippen LogP contribution >= 0.6 is 0 Å². The van der Waals surface area contributed by atoms with Crippen LogP contribution in [0.5, 0.6) is 5.75 Å². The van der Waals surface area contributed by atoms with Crippen LogP contribution in [0.4, 0.5) is 0 Å². The Bertz CT molecular complexity index is 970. The van der Waals surface area contributed by atoms with Crippen LogP contribution in [0.2, 0.25) is 0 Å². The van der Waals surface area contributed by atoms with Crippen LogP contribution in [0.3, 0.4) is 0 Å². The van der Waals surface area contributed by atoms with Gasteiger partial charge in [0.1, 0.15) is 11.3 Å². The number of allylic oxidation sites excluding steroid dienone is 2. The fourth-order valence-corrected chi connectivity index (χ4v) is 4.19. The second-order valence-electron chi connectivity index (χ2n) is 7.83. The van der Waals surface area contributed by atoms with Crippen molar-refractivity contribution in [2.45, 2.75) is 33.1 Å². The first-order valence-corrected chi connectivity index (χ1v) is 9.50. The Balaban J connectivity index is 1.81. The van der Waals surface area contributed by atoms with E-state index in [1.165, 1.54) is 6.07 Å². The van der Waals surface area contributed by atoms with Crippen molar-refractivity contribution in [1.29, 1.82) is 0 Å². The van der Waals surface area contributed by atoms with Gasteiger partial charge in [0, 0.05) is 29.9 Å². The minimum Gasteiger partial charge on any atom is -0.493 e. The molecule has 5 nitrogen and oxygen atoms in total. The molecule has 0 fully saturated rings. The number of rotatable bonds is 7. The molecule has 5 heteroatoms. The number of aliphatic carboxylic acids is 1. The van der Waals surface area contributed by atoms with Gasteiger partial charge in [0.25, 0.3) is 0 Å². The molecule has 2 aromatic rings. The summed E-state index contributed by atoms with van der Waals surface area (Å²) in [4.78, 5) is 22.6. The Labute approximate surface area is 164 Å². The van der Waals surface area contributed by atoms with Gasteiger partial charge in [-0.3, -0.25) is 4.79 Å². The third kappa shape index (κ3) is 4.19. The van der Waals surface area contributed by atoms with Crippen LogP contribution in [0, 0.1) is 17.3 Å². The second-order valence-corrected chi connectivity index (χ2v) is 7.83. The van der Waals surface area contributed by atoms with Gasteiger partial charge in [-0.25, -0.2) is 4.79 Å². The summed E-state index contributed by atoms with van der Waals surface area (Å²) in [6.07, 6.45) is 5.80. The Morgan fingerprint density at radius 1 is 1.36 bits per heavy atom. The molecule has 0 unspecified atom stereocenters. The van der Waals surface area contributed by atoms with Gasteiger partial charge in [-0.1, -0.05) is 31.2 Å². The van der Waals surface area contributed by atoms with Crippen molar-refractivity contribution in [3.05, 3.63) is 65.1 Å². The first-order chi connectivity index (χ1) is 13.3. The Morgan fingerprint density at radius 2 is 2.11 bits per heavy atom. The molecule has 0 spiro atoms. The normalized spacial score (nSPS) is 24.2. The third-order valence-corrected chi connectivity index (χ3v) is 5.88. The molecule has 1 aromatic carbocycles. The number of hydrogen-bond acceptors (Lipinski definition) is 4. The molecule has 3 atom stereocenters. The SMILES string of the molecule is C=C(C)[C@@H]1CC=C[C@H](COc2ccc3ccc(=O)oc3c2)[C@@]1(C)CCC(=O)O. The molecule has 28 heavy (non-hydrogen) atoms. The summed E-state index contributed by atoms with van der Waals surface area (Å²) in [5.41, 5.74) is 0.903. The van der Waals surface area contributed by atoms with E-state index in [9.17, 15) is 14.7 Å². The summed E-state index contributed by atoms with van der Waals surface area (Å²) in [5.74, 6) is 0.0922. The zero-order valence-corrected chi connectivity index (χ0v) is 16.3. The molecule has 0 radical (unpaired) electrons.